The third-order valence-electron chi connectivity index (χ3n) is 4.31. The monoisotopic (exact) mass is 374 g/mol. The van der Waals surface area contributed by atoms with Crippen LogP contribution in [0.3, 0.4) is 0 Å². The molecule has 0 aromatic heterocycles. The van der Waals surface area contributed by atoms with Gasteiger partial charge in [-0.1, -0.05) is 30.3 Å². The minimum Gasteiger partial charge on any atom is -0.487 e. The number of rotatable bonds is 4. The van der Waals surface area contributed by atoms with Crippen LogP contribution in [0, 0.1) is 0 Å². The van der Waals surface area contributed by atoms with Gasteiger partial charge in [0.25, 0.3) is 0 Å². The van der Waals surface area contributed by atoms with E-state index >= 15 is 0 Å². The van der Waals surface area contributed by atoms with Crippen LogP contribution < -0.4 is 14.4 Å². The summed E-state index contributed by atoms with van der Waals surface area (Å²) >= 11 is 0. The molecular weight excluding hydrogens is 352 g/mol. The summed E-state index contributed by atoms with van der Waals surface area (Å²) in [6.45, 7) is 5.50. The lowest BCUT2D eigenvalue weighted by molar-refractivity contribution is -0.117. The number of hydrogen-bond acceptors (Lipinski definition) is 4. The molecule has 1 heterocycles. The van der Waals surface area contributed by atoms with Gasteiger partial charge in [0.1, 0.15) is 11.9 Å². The first kappa shape index (κ1) is 18.4. The molecule has 2 aromatic rings. The molecule has 1 aliphatic heterocycles. The molecule has 0 fully saturated rings. The number of nitrogens with one attached hydrogen (secondary N) is 1. The molecule has 26 heavy (non-hydrogen) atoms. The molecule has 6 nitrogen and oxygen atoms in total. The fourth-order valence-corrected chi connectivity index (χ4v) is 4.24. The second kappa shape index (κ2) is 7.09. The van der Waals surface area contributed by atoms with E-state index in [1.807, 2.05) is 37.3 Å². The molecule has 2 aromatic carbocycles. The van der Waals surface area contributed by atoms with E-state index in [0.29, 0.717) is 18.0 Å². The van der Waals surface area contributed by atoms with E-state index in [0.717, 1.165) is 5.56 Å². The van der Waals surface area contributed by atoms with Crippen LogP contribution in [0.5, 0.6) is 5.75 Å². The third kappa shape index (κ3) is 3.73. The van der Waals surface area contributed by atoms with Crippen molar-refractivity contribution in [2.45, 2.75) is 37.8 Å². The van der Waals surface area contributed by atoms with E-state index < -0.39 is 10.0 Å². The maximum Gasteiger partial charge on any atom is 0.241 e. The van der Waals surface area contributed by atoms with Crippen LogP contribution in [0.25, 0.3) is 0 Å². The van der Waals surface area contributed by atoms with E-state index in [1.165, 1.54) is 19.1 Å². The summed E-state index contributed by atoms with van der Waals surface area (Å²) in [7, 11) is -3.75. The summed E-state index contributed by atoms with van der Waals surface area (Å²) in [5.41, 5.74) is 1.35. The number of carbonyl (C=O) groups is 1. The van der Waals surface area contributed by atoms with Crippen molar-refractivity contribution in [3.63, 3.8) is 0 Å². The zero-order valence-electron chi connectivity index (χ0n) is 15.0. The first-order chi connectivity index (χ1) is 12.3. The highest BCUT2D eigenvalue weighted by atomic mass is 32.2. The Hall–Kier alpha value is -2.38. The molecular formula is C19H22N2O4S. The van der Waals surface area contributed by atoms with Gasteiger partial charge in [-0.05, 0) is 37.6 Å². The zero-order valence-corrected chi connectivity index (χ0v) is 15.8. The van der Waals surface area contributed by atoms with Crippen LogP contribution in [0.2, 0.25) is 0 Å². The summed E-state index contributed by atoms with van der Waals surface area (Å²) < 4.78 is 34.0. The van der Waals surface area contributed by atoms with E-state index in [2.05, 4.69) is 4.72 Å². The van der Waals surface area contributed by atoms with Gasteiger partial charge in [0.05, 0.1) is 17.1 Å². The SMILES string of the molecule is CC(=O)N1C[C@@H](C)Oc2ccc(S(=O)(=O)N[C@H](C)c3ccccc3)cc21. The van der Waals surface area contributed by atoms with Gasteiger partial charge in [-0.2, -0.15) is 0 Å². The van der Waals surface area contributed by atoms with Crippen molar-refractivity contribution < 1.29 is 17.9 Å². The molecule has 0 radical (unpaired) electrons. The number of carbonyl (C=O) groups excluding carboxylic acids is 1. The molecule has 0 unspecified atom stereocenters. The van der Waals surface area contributed by atoms with Crippen LogP contribution in [0.15, 0.2) is 53.4 Å². The van der Waals surface area contributed by atoms with Crippen molar-refractivity contribution in [1.82, 2.24) is 4.72 Å². The highest BCUT2D eigenvalue weighted by Gasteiger charge is 2.28. The van der Waals surface area contributed by atoms with Crippen molar-refractivity contribution in [1.29, 1.82) is 0 Å². The molecule has 3 rings (SSSR count). The Bertz CT molecular complexity index is 912. The van der Waals surface area contributed by atoms with Crippen LogP contribution in [0.4, 0.5) is 5.69 Å². The lowest BCUT2D eigenvalue weighted by Gasteiger charge is -2.33. The van der Waals surface area contributed by atoms with Gasteiger partial charge in [-0.25, -0.2) is 13.1 Å². The standard InChI is InChI=1S/C19H22N2O4S/c1-13-12-21(15(3)22)18-11-17(9-10-19(18)25-13)26(23,24)20-14(2)16-7-5-4-6-8-16/h4-11,13-14,20H,12H2,1-3H3/t13-,14-/m1/s1. The Morgan fingerprint density at radius 1 is 1.23 bits per heavy atom. The number of sulfonamides is 1. The first-order valence-electron chi connectivity index (χ1n) is 8.44. The number of anilines is 1. The van der Waals surface area contributed by atoms with E-state index in [-0.39, 0.29) is 22.9 Å². The molecule has 2 atom stereocenters. The van der Waals surface area contributed by atoms with Gasteiger partial charge in [0.15, 0.2) is 0 Å². The van der Waals surface area contributed by atoms with Gasteiger partial charge in [0.2, 0.25) is 15.9 Å². The molecule has 0 spiro atoms. The lowest BCUT2D eigenvalue weighted by Crippen LogP contribution is -2.41. The van der Waals surface area contributed by atoms with Crippen molar-refractivity contribution in [3.05, 3.63) is 54.1 Å². The molecule has 1 amide bonds. The minimum absolute atomic E-state index is 0.100. The minimum atomic E-state index is -3.75. The molecule has 7 heteroatoms. The Morgan fingerprint density at radius 2 is 1.92 bits per heavy atom. The van der Waals surface area contributed by atoms with Gasteiger partial charge in [0, 0.05) is 13.0 Å². The number of nitrogens with zero attached hydrogens (tertiary/aromatic N) is 1. The average molecular weight is 374 g/mol. The summed E-state index contributed by atoms with van der Waals surface area (Å²) in [6.07, 6.45) is -0.148. The van der Waals surface area contributed by atoms with Gasteiger partial charge >= 0.3 is 0 Å². The smallest absolute Gasteiger partial charge is 0.241 e. The van der Waals surface area contributed by atoms with Crippen LogP contribution in [-0.2, 0) is 14.8 Å². The van der Waals surface area contributed by atoms with E-state index in [4.69, 9.17) is 4.74 Å². The second-order valence-corrected chi connectivity index (χ2v) is 8.16. The highest BCUT2D eigenvalue weighted by molar-refractivity contribution is 7.89. The van der Waals surface area contributed by atoms with Crippen molar-refractivity contribution in [2.75, 3.05) is 11.4 Å². The summed E-state index contributed by atoms with van der Waals surface area (Å²) in [4.78, 5) is 13.6. The van der Waals surface area contributed by atoms with Crippen LogP contribution in [-0.4, -0.2) is 27.0 Å². The number of benzene rings is 2. The molecule has 0 bridgehead atoms. The third-order valence-corrected chi connectivity index (χ3v) is 5.85. The fourth-order valence-electron chi connectivity index (χ4n) is 2.99. The molecule has 0 aliphatic carbocycles. The number of fused-ring (bicyclic) bond motifs is 1. The van der Waals surface area contributed by atoms with E-state index in [9.17, 15) is 13.2 Å². The van der Waals surface area contributed by atoms with Crippen molar-refractivity contribution >= 4 is 21.6 Å². The quantitative estimate of drug-likeness (QED) is 0.893. The largest absolute Gasteiger partial charge is 0.487 e. The Morgan fingerprint density at radius 3 is 2.58 bits per heavy atom. The van der Waals surface area contributed by atoms with Crippen LogP contribution in [0.1, 0.15) is 32.4 Å². The van der Waals surface area contributed by atoms with Crippen molar-refractivity contribution in [3.8, 4) is 5.75 Å². The fraction of sp³-hybridized carbons (Fsp3) is 0.316. The van der Waals surface area contributed by atoms with Crippen molar-refractivity contribution in [2.24, 2.45) is 0 Å². The lowest BCUT2D eigenvalue weighted by atomic mass is 10.1. The Kier molecular flexibility index (Phi) is 5.02. The maximum absolute atomic E-state index is 12.8. The molecule has 1 N–H and O–H groups in total. The number of hydrogen-bond donors (Lipinski definition) is 1. The summed E-state index contributed by atoms with van der Waals surface area (Å²) in [5.74, 6) is 0.357. The zero-order chi connectivity index (χ0) is 18.9. The maximum atomic E-state index is 12.8. The Balaban J connectivity index is 1.92. The average Bonchev–Trinajstić information content (AvgIpc) is 2.60. The summed E-state index contributed by atoms with van der Waals surface area (Å²) in [6, 6.07) is 13.5. The Labute approximate surface area is 153 Å². The highest BCUT2D eigenvalue weighted by Crippen LogP contribution is 2.35. The van der Waals surface area contributed by atoms with E-state index in [1.54, 1.807) is 17.9 Å². The predicted octanol–water partition coefficient (Wildman–Crippen LogP) is 2.86. The topological polar surface area (TPSA) is 75.7 Å². The van der Waals surface area contributed by atoms with Gasteiger partial charge < -0.3 is 9.64 Å². The number of ether oxygens (including phenoxy) is 1. The number of amides is 1. The summed E-state index contributed by atoms with van der Waals surface area (Å²) in [5, 5.41) is 0. The second-order valence-electron chi connectivity index (χ2n) is 6.44. The molecule has 0 saturated heterocycles. The molecule has 138 valence electrons. The molecule has 0 saturated carbocycles. The first-order valence-corrected chi connectivity index (χ1v) is 9.92. The van der Waals surface area contributed by atoms with Gasteiger partial charge in [-0.3, -0.25) is 4.79 Å². The predicted molar refractivity (Wildman–Crippen MR) is 99.7 cm³/mol. The molecule has 1 aliphatic rings. The van der Waals surface area contributed by atoms with Gasteiger partial charge in [-0.15, -0.1) is 0 Å². The van der Waals surface area contributed by atoms with Crippen LogP contribution >= 0.6 is 0 Å². The normalized spacial score (nSPS) is 18.0.